The number of rotatable bonds is 4. The zero-order valence-electron chi connectivity index (χ0n) is 6.53. The molecule has 0 saturated carbocycles. The van der Waals surface area contributed by atoms with Crippen molar-refractivity contribution < 1.29 is 19.5 Å². The van der Waals surface area contributed by atoms with Gasteiger partial charge in [0.25, 0.3) is 0 Å². The van der Waals surface area contributed by atoms with Crippen LogP contribution in [0.4, 0.5) is 0 Å². The fourth-order valence-corrected chi connectivity index (χ4v) is 0.398. The normalized spacial score (nSPS) is 11.0. The SMILES string of the molecule is CCOC(=O)/C(C)=N\OCO. The number of carbonyl (C=O) groups excluding carboxylic acids is 1. The molecule has 0 aliphatic heterocycles. The van der Waals surface area contributed by atoms with E-state index in [0.717, 1.165) is 0 Å². The minimum absolute atomic E-state index is 0.0842. The molecule has 0 rings (SSSR count). The first kappa shape index (κ1) is 9.90. The van der Waals surface area contributed by atoms with Crippen molar-refractivity contribution in [1.82, 2.24) is 0 Å². The number of ether oxygens (including phenoxy) is 1. The van der Waals surface area contributed by atoms with Gasteiger partial charge in [-0.2, -0.15) is 0 Å². The molecular weight excluding hydrogens is 150 g/mol. The summed E-state index contributed by atoms with van der Waals surface area (Å²) in [7, 11) is 0. The highest BCUT2D eigenvalue weighted by Crippen LogP contribution is 1.85. The predicted octanol–water partition coefficient (Wildman–Crippen LogP) is -0.108. The molecule has 0 aromatic carbocycles. The number of hydrogen-bond donors (Lipinski definition) is 1. The van der Waals surface area contributed by atoms with Gasteiger partial charge in [0.1, 0.15) is 0 Å². The van der Waals surface area contributed by atoms with E-state index in [1.54, 1.807) is 6.92 Å². The quantitative estimate of drug-likeness (QED) is 0.270. The lowest BCUT2D eigenvalue weighted by atomic mass is 10.4. The molecule has 5 nitrogen and oxygen atoms in total. The van der Waals surface area contributed by atoms with Crippen molar-refractivity contribution in [2.45, 2.75) is 13.8 Å². The number of oxime groups is 1. The monoisotopic (exact) mass is 161 g/mol. The summed E-state index contributed by atoms with van der Waals surface area (Å²) in [4.78, 5) is 14.9. The summed E-state index contributed by atoms with van der Waals surface area (Å²) in [6.07, 6.45) is 0. The lowest BCUT2D eigenvalue weighted by molar-refractivity contribution is -0.135. The highest BCUT2D eigenvalue weighted by Gasteiger charge is 2.05. The van der Waals surface area contributed by atoms with Gasteiger partial charge >= 0.3 is 5.97 Å². The molecule has 11 heavy (non-hydrogen) atoms. The molecule has 0 atom stereocenters. The number of nitrogens with zero attached hydrogens (tertiary/aromatic N) is 1. The maximum Gasteiger partial charge on any atom is 0.355 e. The molecule has 0 radical (unpaired) electrons. The van der Waals surface area contributed by atoms with E-state index in [1.165, 1.54) is 6.92 Å². The van der Waals surface area contributed by atoms with Crippen LogP contribution in [-0.4, -0.2) is 30.2 Å². The van der Waals surface area contributed by atoms with Crippen molar-refractivity contribution in [2.75, 3.05) is 13.4 Å². The average Bonchev–Trinajstić information content (AvgIpc) is 2.00. The number of aliphatic hydroxyl groups is 1. The van der Waals surface area contributed by atoms with Gasteiger partial charge in [-0.15, -0.1) is 0 Å². The molecule has 0 aromatic rings. The van der Waals surface area contributed by atoms with Gasteiger partial charge in [0, 0.05) is 0 Å². The molecule has 64 valence electrons. The smallest absolute Gasteiger partial charge is 0.355 e. The predicted molar refractivity (Wildman–Crippen MR) is 37.9 cm³/mol. The van der Waals surface area contributed by atoms with Gasteiger partial charge in [0.05, 0.1) is 6.61 Å². The molecule has 1 N–H and O–H groups in total. The van der Waals surface area contributed by atoms with Crippen LogP contribution in [-0.2, 0) is 14.4 Å². The Morgan fingerprint density at radius 2 is 2.27 bits per heavy atom. The first-order valence-electron chi connectivity index (χ1n) is 3.17. The van der Waals surface area contributed by atoms with Gasteiger partial charge in [-0.1, -0.05) is 5.16 Å². The lowest BCUT2D eigenvalue weighted by Gasteiger charge is -1.99. The van der Waals surface area contributed by atoms with Crippen molar-refractivity contribution in [3.05, 3.63) is 0 Å². The maximum atomic E-state index is 10.7. The minimum Gasteiger partial charge on any atom is -0.461 e. The van der Waals surface area contributed by atoms with Crippen LogP contribution in [0.1, 0.15) is 13.8 Å². The van der Waals surface area contributed by atoms with Crippen LogP contribution in [0.2, 0.25) is 0 Å². The van der Waals surface area contributed by atoms with Gasteiger partial charge in [-0.05, 0) is 13.8 Å². The van der Waals surface area contributed by atoms with Gasteiger partial charge in [-0.25, -0.2) is 4.79 Å². The Balaban J connectivity index is 3.80. The average molecular weight is 161 g/mol. The Bertz CT molecular complexity index is 155. The van der Waals surface area contributed by atoms with Gasteiger partial charge < -0.3 is 14.7 Å². The Morgan fingerprint density at radius 1 is 1.64 bits per heavy atom. The third-order valence-corrected chi connectivity index (χ3v) is 0.830. The highest BCUT2D eigenvalue weighted by molar-refractivity contribution is 6.35. The summed E-state index contributed by atoms with van der Waals surface area (Å²) in [5.41, 5.74) is 0.0842. The molecule has 0 saturated heterocycles. The number of carbonyl (C=O) groups is 1. The van der Waals surface area contributed by atoms with Crippen molar-refractivity contribution in [3.63, 3.8) is 0 Å². The van der Waals surface area contributed by atoms with E-state index in [-0.39, 0.29) is 5.71 Å². The second-order valence-corrected chi connectivity index (χ2v) is 1.66. The van der Waals surface area contributed by atoms with Gasteiger partial charge in [0.2, 0.25) is 6.79 Å². The molecule has 0 heterocycles. The van der Waals surface area contributed by atoms with E-state index in [0.29, 0.717) is 6.61 Å². The van der Waals surface area contributed by atoms with Crippen molar-refractivity contribution in [2.24, 2.45) is 5.16 Å². The Morgan fingerprint density at radius 3 is 2.73 bits per heavy atom. The van der Waals surface area contributed by atoms with E-state index < -0.39 is 12.8 Å². The Hall–Kier alpha value is -1.10. The third kappa shape index (κ3) is 4.32. The van der Waals surface area contributed by atoms with Crippen LogP contribution in [0.25, 0.3) is 0 Å². The molecular formula is C6H11NO4. The summed E-state index contributed by atoms with van der Waals surface area (Å²) in [5, 5.41) is 11.4. The number of esters is 1. The molecule has 5 heteroatoms. The molecule has 0 aliphatic rings. The maximum absolute atomic E-state index is 10.7. The topological polar surface area (TPSA) is 68.1 Å². The second-order valence-electron chi connectivity index (χ2n) is 1.66. The van der Waals surface area contributed by atoms with Crippen molar-refractivity contribution in [1.29, 1.82) is 0 Å². The summed E-state index contributed by atoms with van der Waals surface area (Å²) >= 11 is 0. The van der Waals surface area contributed by atoms with E-state index in [2.05, 4.69) is 14.7 Å². The lowest BCUT2D eigenvalue weighted by Crippen LogP contribution is -2.14. The summed E-state index contributed by atoms with van der Waals surface area (Å²) < 4.78 is 4.57. The minimum atomic E-state index is -0.545. The first-order valence-corrected chi connectivity index (χ1v) is 3.17. The fourth-order valence-electron chi connectivity index (χ4n) is 0.398. The van der Waals surface area contributed by atoms with E-state index in [1.807, 2.05) is 0 Å². The van der Waals surface area contributed by atoms with Crippen LogP contribution >= 0.6 is 0 Å². The molecule has 0 spiro atoms. The van der Waals surface area contributed by atoms with E-state index in [9.17, 15) is 4.79 Å². The molecule has 0 aliphatic carbocycles. The highest BCUT2D eigenvalue weighted by atomic mass is 16.7. The zero-order chi connectivity index (χ0) is 8.69. The molecule has 0 fully saturated rings. The van der Waals surface area contributed by atoms with Crippen LogP contribution in [0.15, 0.2) is 5.16 Å². The van der Waals surface area contributed by atoms with E-state index in [4.69, 9.17) is 5.11 Å². The molecule has 0 amide bonds. The Kier molecular flexibility index (Phi) is 5.10. The van der Waals surface area contributed by atoms with Crippen molar-refractivity contribution in [3.8, 4) is 0 Å². The van der Waals surface area contributed by atoms with Crippen LogP contribution in [0.3, 0.4) is 0 Å². The summed E-state index contributed by atoms with van der Waals surface area (Å²) in [6.45, 7) is 2.88. The van der Waals surface area contributed by atoms with Gasteiger partial charge in [0.15, 0.2) is 5.71 Å². The van der Waals surface area contributed by atoms with Crippen LogP contribution in [0.5, 0.6) is 0 Å². The summed E-state index contributed by atoms with van der Waals surface area (Å²) in [6, 6.07) is 0. The standard InChI is InChI=1S/C6H11NO4/c1-3-10-6(9)5(2)7-11-4-8/h8H,3-4H2,1-2H3/b7-5-. The molecule has 0 bridgehead atoms. The van der Waals surface area contributed by atoms with Crippen LogP contribution in [0, 0.1) is 0 Å². The van der Waals surface area contributed by atoms with Crippen LogP contribution < -0.4 is 0 Å². The molecule has 0 aromatic heterocycles. The largest absolute Gasteiger partial charge is 0.461 e. The fraction of sp³-hybridized carbons (Fsp3) is 0.667. The van der Waals surface area contributed by atoms with E-state index >= 15 is 0 Å². The number of hydrogen-bond acceptors (Lipinski definition) is 5. The molecule has 0 unspecified atom stereocenters. The zero-order valence-corrected chi connectivity index (χ0v) is 6.53. The van der Waals surface area contributed by atoms with Gasteiger partial charge in [-0.3, -0.25) is 0 Å². The third-order valence-electron chi connectivity index (χ3n) is 0.830. The number of aliphatic hydroxyl groups excluding tert-OH is 1. The Labute approximate surface area is 64.6 Å². The first-order chi connectivity index (χ1) is 5.22. The summed E-state index contributed by atoms with van der Waals surface area (Å²) in [5.74, 6) is -0.541. The van der Waals surface area contributed by atoms with Crippen molar-refractivity contribution >= 4 is 11.7 Å². The second kappa shape index (κ2) is 5.67.